The lowest BCUT2D eigenvalue weighted by molar-refractivity contribution is 0.184. The van der Waals surface area contributed by atoms with Crippen LogP contribution >= 0.6 is 39.1 Å². The smallest absolute Gasteiger partial charge is 0.119 e. The largest absolute Gasteiger partial charge is 0.497 e. The summed E-state index contributed by atoms with van der Waals surface area (Å²) in [6.45, 7) is 0. The van der Waals surface area contributed by atoms with Crippen LogP contribution in [-0.2, 0) is 0 Å². The van der Waals surface area contributed by atoms with Crippen LogP contribution in [-0.4, -0.2) is 17.0 Å². The van der Waals surface area contributed by atoms with Gasteiger partial charge in [0.05, 0.1) is 28.1 Å². The standard InChI is InChI=1S/C16H13BrCl2O2/c1-21-9-3-4-10-11(7-9)16(20)15(17)14(10)8-2-5-12(18)13(19)6-8/h2-7,14-16,20H,1H3/t14-,15-,16-/m0/s1. The predicted molar refractivity (Wildman–Crippen MR) is 89.0 cm³/mol. The van der Waals surface area contributed by atoms with E-state index in [9.17, 15) is 5.11 Å². The zero-order valence-electron chi connectivity index (χ0n) is 11.2. The topological polar surface area (TPSA) is 29.5 Å². The summed E-state index contributed by atoms with van der Waals surface area (Å²) >= 11 is 15.7. The maximum Gasteiger partial charge on any atom is 0.119 e. The number of aliphatic hydroxyl groups excluding tert-OH is 1. The van der Waals surface area contributed by atoms with E-state index in [1.165, 1.54) is 0 Å². The van der Waals surface area contributed by atoms with Crippen LogP contribution in [0.2, 0.25) is 10.0 Å². The summed E-state index contributed by atoms with van der Waals surface area (Å²) in [6.07, 6.45) is -0.588. The second-order valence-electron chi connectivity index (χ2n) is 5.04. The van der Waals surface area contributed by atoms with Gasteiger partial charge in [0.2, 0.25) is 0 Å². The SMILES string of the molecule is COc1ccc2c(c1)[C@H](O)[C@@H](Br)[C@H]2c1ccc(Cl)c(Cl)c1. The zero-order valence-corrected chi connectivity index (χ0v) is 14.3. The van der Waals surface area contributed by atoms with Crippen LogP contribution < -0.4 is 4.74 Å². The van der Waals surface area contributed by atoms with Gasteiger partial charge in [-0.1, -0.05) is 51.3 Å². The molecule has 5 heteroatoms. The fourth-order valence-corrected chi connectivity index (χ4v) is 4.00. The van der Waals surface area contributed by atoms with E-state index < -0.39 is 6.10 Å². The van der Waals surface area contributed by atoms with Gasteiger partial charge in [-0.05, 0) is 41.0 Å². The summed E-state index contributed by atoms with van der Waals surface area (Å²) in [5.41, 5.74) is 2.98. The fraction of sp³-hybridized carbons (Fsp3) is 0.250. The van der Waals surface area contributed by atoms with Gasteiger partial charge in [-0.15, -0.1) is 0 Å². The molecule has 3 rings (SSSR count). The Labute approximate surface area is 141 Å². The summed E-state index contributed by atoms with van der Waals surface area (Å²) in [5.74, 6) is 0.762. The van der Waals surface area contributed by atoms with Gasteiger partial charge in [-0.3, -0.25) is 0 Å². The summed E-state index contributed by atoms with van der Waals surface area (Å²) in [7, 11) is 1.62. The predicted octanol–water partition coefficient (Wildman–Crippen LogP) is 4.94. The molecule has 21 heavy (non-hydrogen) atoms. The van der Waals surface area contributed by atoms with Crippen molar-refractivity contribution in [3.63, 3.8) is 0 Å². The molecule has 0 aromatic heterocycles. The average Bonchev–Trinajstić information content (AvgIpc) is 2.74. The van der Waals surface area contributed by atoms with Gasteiger partial charge in [0.15, 0.2) is 0 Å². The van der Waals surface area contributed by atoms with Crippen molar-refractivity contribution in [2.45, 2.75) is 16.8 Å². The molecule has 0 bridgehead atoms. The second-order valence-corrected chi connectivity index (χ2v) is 6.91. The Morgan fingerprint density at radius 3 is 2.48 bits per heavy atom. The first kappa shape index (κ1) is 15.2. The van der Waals surface area contributed by atoms with Crippen molar-refractivity contribution in [1.82, 2.24) is 0 Å². The third-order valence-electron chi connectivity index (χ3n) is 3.87. The Morgan fingerprint density at radius 2 is 1.81 bits per heavy atom. The highest BCUT2D eigenvalue weighted by atomic mass is 79.9. The van der Waals surface area contributed by atoms with Gasteiger partial charge in [0.25, 0.3) is 0 Å². The number of hydrogen-bond acceptors (Lipinski definition) is 2. The first-order valence-corrected chi connectivity index (χ1v) is 8.15. The van der Waals surface area contributed by atoms with Gasteiger partial charge in [-0.25, -0.2) is 0 Å². The van der Waals surface area contributed by atoms with Gasteiger partial charge in [0.1, 0.15) is 5.75 Å². The lowest BCUT2D eigenvalue weighted by atomic mass is 9.93. The normalized spacial score (nSPS) is 24.0. The molecule has 0 fully saturated rings. The number of halogens is 3. The molecule has 3 atom stereocenters. The van der Waals surface area contributed by atoms with E-state index in [1.54, 1.807) is 13.2 Å². The fourth-order valence-electron chi connectivity index (χ4n) is 2.81. The molecule has 0 saturated heterocycles. The highest BCUT2D eigenvalue weighted by molar-refractivity contribution is 9.09. The molecule has 2 aromatic carbocycles. The molecule has 0 unspecified atom stereocenters. The Kier molecular flexibility index (Phi) is 4.19. The minimum Gasteiger partial charge on any atom is -0.497 e. The summed E-state index contributed by atoms with van der Waals surface area (Å²) < 4.78 is 5.23. The second kappa shape index (κ2) is 5.81. The number of aliphatic hydroxyl groups is 1. The van der Waals surface area contributed by atoms with Crippen LogP contribution in [0.15, 0.2) is 36.4 Å². The van der Waals surface area contributed by atoms with E-state index in [1.807, 2.05) is 30.3 Å². The first-order valence-electron chi connectivity index (χ1n) is 6.48. The number of methoxy groups -OCH3 is 1. The van der Waals surface area contributed by atoms with Gasteiger partial charge in [0, 0.05) is 5.92 Å². The van der Waals surface area contributed by atoms with Crippen molar-refractivity contribution in [2.75, 3.05) is 7.11 Å². The van der Waals surface area contributed by atoms with Crippen LogP contribution in [0.5, 0.6) is 5.75 Å². The van der Waals surface area contributed by atoms with E-state index in [0.717, 1.165) is 22.4 Å². The molecule has 0 saturated carbocycles. The number of fused-ring (bicyclic) bond motifs is 1. The third kappa shape index (κ3) is 2.57. The molecule has 110 valence electrons. The Hall–Kier alpha value is -0.740. The zero-order chi connectivity index (χ0) is 15.1. The van der Waals surface area contributed by atoms with Crippen LogP contribution in [0.1, 0.15) is 28.7 Å². The highest BCUT2D eigenvalue weighted by Crippen LogP contribution is 2.49. The Morgan fingerprint density at radius 1 is 1.05 bits per heavy atom. The van der Waals surface area contributed by atoms with Crippen molar-refractivity contribution in [2.24, 2.45) is 0 Å². The Bertz CT molecular complexity index is 690. The van der Waals surface area contributed by atoms with E-state index in [2.05, 4.69) is 15.9 Å². The number of hydrogen-bond donors (Lipinski definition) is 1. The molecule has 1 N–H and O–H groups in total. The monoisotopic (exact) mass is 386 g/mol. The molecule has 0 heterocycles. The van der Waals surface area contributed by atoms with Crippen molar-refractivity contribution in [3.05, 3.63) is 63.1 Å². The molecule has 1 aliphatic carbocycles. The van der Waals surface area contributed by atoms with E-state index in [4.69, 9.17) is 27.9 Å². The minimum absolute atomic E-state index is 0.0238. The molecule has 0 amide bonds. The number of benzene rings is 2. The van der Waals surface area contributed by atoms with Crippen LogP contribution in [0.4, 0.5) is 0 Å². The quantitative estimate of drug-likeness (QED) is 0.739. The average molecular weight is 388 g/mol. The summed E-state index contributed by atoms with van der Waals surface area (Å²) in [6, 6.07) is 11.4. The Balaban J connectivity index is 2.10. The van der Waals surface area contributed by atoms with Crippen LogP contribution in [0.3, 0.4) is 0 Å². The maximum absolute atomic E-state index is 10.5. The van der Waals surface area contributed by atoms with Gasteiger partial charge >= 0.3 is 0 Å². The van der Waals surface area contributed by atoms with E-state index >= 15 is 0 Å². The lowest BCUT2D eigenvalue weighted by Gasteiger charge is -2.18. The molecular formula is C16H13BrCl2O2. The third-order valence-corrected chi connectivity index (χ3v) is 5.64. The number of ether oxygens (including phenoxy) is 1. The number of rotatable bonds is 2. The highest BCUT2D eigenvalue weighted by Gasteiger charge is 2.39. The summed E-state index contributed by atoms with van der Waals surface area (Å²) in [4.78, 5) is -0.114. The molecule has 0 spiro atoms. The maximum atomic E-state index is 10.5. The molecule has 2 nitrogen and oxygen atoms in total. The molecule has 0 aliphatic heterocycles. The molecule has 0 radical (unpaired) electrons. The van der Waals surface area contributed by atoms with E-state index in [-0.39, 0.29) is 10.7 Å². The lowest BCUT2D eigenvalue weighted by Crippen LogP contribution is -2.12. The summed E-state index contributed by atoms with van der Waals surface area (Å²) in [5, 5.41) is 11.5. The molecule has 2 aromatic rings. The van der Waals surface area contributed by atoms with Crippen molar-refractivity contribution < 1.29 is 9.84 Å². The minimum atomic E-state index is -0.588. The molecule has 1 aliphatic rings. The molecular weight excluding hydrogens is 375 g/mol. The van der Waals surface area contributed by atoms with Gasteiger partial charge in [-0.2, -0.15) is 0 Å². The number of alkyl halides is 1. The van der Waals surface area contributed by atoms with Crippen molar-refractivity contribution in [3.8, 4) is 5.75 Å². The van der Waals surface area contributed by atoms with Crippen molar-refractivity contribution >= 4 is 39.1 Å². The van der Waals surface area contributed by atoms with Crippen molar-refractivity contribution in [1.29, 1.82) is 0 Å². The van der Waals surface area contributed by atoms with Crippen LogP contribution in [0, 0.1) is 0 Å². The van der Waals surface area contributed by atoms with E-state index in [0.29, 0.717) is 10.0 Å². The van der Waals surface area contributed by atoms with Gasteiger partial charge < -0.3 is 9.84 Å². The van der Waals surface area contributed by atoms with Crippen LogP contribution in [0.25, 0.3) is 0 Å². The first-order chi connectivity index (χ1) is 10.0.